The van der Waals surface area contributed by atoms with E-state index in [-0.39, 0.29) is 5.56 Å². The third kappa shape index (κ3) is 2.39. The Morgan fingerprint density at radius 2 is 2.09 bits per heavy atom. The number of carboxylic acid groups (broad SMARTS) is 1. The highest BCUT2D eigenvalue weighted by Gasteiger charge is 2.16. The lowest BCUT2D eigenvalue weighted by Crippen LogP contribution is -2.06. The number of thiophene rings is 1. The van der Waals surface area contributed by atoms with Gasteiger partial charge in [0, 0.05) is 21.5 Å². The third-order valence-electron chi connectivity index (χ3n) is 3.39. The zero-order chi connectivity index (χ0) is 15.9. The second-order valence-corrected chi connectivity index (χ2v) is 6.39. The van der Waals surface area contributed by atoms with Crippen molar-refractivity contribution in [2.75, 3.05) is 0 Å². The largest absolute Gasteiger partial charge is 0.478 e. The predicted octanol–water partition coefficient (Wildman–Crippen LogP) is 3.01. The number of aromatic nitrogens is 4. The zero-order valence-corrected chi connectivity index (χ0v) is 13.2. The van der Waals surface area contributed by atoms with Gasteiger partial charge < -0.3 is 5.11 Å². The molecular formula is C15H14N4O2S. The van der Waals surface area contributed by atoms with Gasteiger partial charge in [0.25, 0.3) is 5.95 Å². The molecule has 0 saturated heterocycles. The summed E-state index contributed by atoms with van der Waals surface area (Å²) in [5.74, 6) is -0.644. The highest BCUT2D eigenvalue weighted by atomic mass is 32.1. The average molecular weight is 314 g/mol. The Labute approximate surface area is 131 Å². The zero-order valence-electron chi connectivity index (χ0n) is 12.4. The summed E-state index contributed by atoms with van der Waals surface area (Å²) < 4.78 is 1.45. The Kier molecular flexibility index (Phi) is 3.50. The Balaban J connectivity index is 2.09. The first-order chi connectivity index (χ1) is 10.5. The van der Waals surface area contributed by atoms with Gasteiger partial charge in [0.2, 0.25) is 0 Å². The van der Waals surface area contributed by atoms with Crippen molar-refractivity contribution in [3.63, 3.8) is 0 Å². The van der Waals surface area contributed by atoms with E-state index in [1.165, 1.54) is 20.6 Å². The first-order valence-corrected chi connectivity index (χ1v) is 7.47. The van der Waals surface area contributed by atoms with E-state index in [0.29, 0.717) is 11.6 Å². The van der Waals surface area contributed by atoms with Gasteiger partial charge in [0.1, 0.15) is 5.56 Å². The van der Waals surface area contributed by atoms with Crippen LogP contribution in [0.1, 0.15) is 25.8 Å². The summed E-state index contributed by atoms with van der Waals surface area (Å²) in [6, 6.07) is 3.93. The molecule has 0 spiro atoms. The van der Waals surface area contributed by atoms with Gasteiger partial charge in [-0.15, -0.1) is 11.3 Å². The van der Waals surface area contributed by atoms with Gasteiger partial charge in [0.15, 0.2) is 0 Å². The summed E-state index contributed by atoms with van der Waals surface area (Å²) in [4.78, 5) is 22.2. The van der Waals surface area contributed by atoms with E-state index in [1.54, 1.807) is 24.5 Å². The van der Waals surface area contributed by atoms with Gasteiger partial charge >= 0.3 is 5.97 Å². The molecule has 0 atom stereocenters. The monoisotopic (exact) mass is 314 g/mol. The van der Waals surface area contributed by atoms with Crippen LogP contribution >= 0.6 is 11.3 Å². The normalized spacial score (nSPS) is 10.9. The van der Waals surface area contributed by atoms with Gasteiger partial charge in [0.05, 0.1) is 17.6 Å². The molecule has 1 N–H and O–H groups in total. The summed E-state index contributed by atoms with van der Waals surface area (Å²) in [6.45, 7) is 5.79. The van der Waals surface area contributed by atoms with E-state index in [4.69, 9.17) is 5.11 Å². The molecule has 0 aliphatic heterocycles. The molecule has 0 aromatic carbocycles. The fourth-order valence-electron chi connectivity index (χ4n) is 2.31. The minimum absolute atomic E-state index is 0.150. The lowest BCUT2D eigenvalue weighted by Gasteiger charge is -2.05. The molecule has 0 radical (unpaired) electrons. The number of aryl methyl sites for hydroxylation is 2. The molecule has 0 amide bonds. The van der Waals surface area contributed by atoms with Crippen molar-refractivity contribution in [2.24, 2.45) is 0 Å². The van der Waals surface area contributed by atoms with Gasteiger partial charge in [-0.25, -0.2) is 19.4 Å². The Hall–Kier alpha value is -2.54. The van der Waals surface area contributed by atoms with Crippen LogP contribution in [0.2, 0.25) is 0 Å². The molecule has 0 aliphatic carbocycles. The number of carboxylic acids is 1. The number of nitrogens with zero attached hydrogens (tertiary/aromatic N) is 4. The van der Waals surface area contributed by atoms with Crippen LogP contribution in [-0.2, 0) is 0 Å². The maximum atomic E-state index is 11.1. The van der Waals surface area contributed by atoms with Crippen LogP contribution in [0.3, 0.4) is 0 Å². The predicted molar refractivity (Wildman–Crippen MR) is 83.6 cm³/mol. The van der Waals surface area contributed by atoms with E-state index in [2.05, 4.69) is 35.0 Å². The van der Waals surface area contributed by atoms with Crippen molar-refractivity contribution in [1.82, 2.24) is 19.7 Å². The Morgan fingerprint density at radius 1 is 1.32 bits per heavy atom. The van der Waals surface area contributed by atoms with Crippen molar-refractivity contribution < 1.29 is 9.90 Å². The standard InChI is InChI=1S/C15H14N4O2S/c1-8-6-11(10(3)22-8)13-4-5-16-15(18-13)19-9(2)12(7-17-19)14(20)21/h4-7H,1-3H3,(H,20,21). The molecule has 112 valence electrons. The molecule has 3 rings (SSSR count). The van der Waals surface area contributed by atoms with Crippen LogP contribution in [0.15, 0.2) is 24.5 Å². The molecule has 0 bridgehead atoms. The SMILES string of the molecule is Cc1cc(-c2ccnc(-n3ncc(C(=O)O)c3C)n2)c(C)s1. The molecule has 3 aromatic rings. The van der Waals surface area contributed by atoms with Crippen LogP contribution in [0.4, 0.5) is 0 Å². The van der Waals surface area contributed by atoms with E-state index < -0.39 is 5.97 Å². The molecule has 22 heavy (non-hydrogen) atoms. The van der Waals surface area contributed by atoms with E-state index >= 15 is 0 Å². The fourth-order valence-corrected chi connectivity index (χ4v) is 3.24. The first kappa shape index (κ1) is 14.4. The number of hydrogen-bond acceptors (Lipinski definition) is 5. The van der Waals surface area contributed by atoms with Crippen LogP contribution in [0, 0.1) is 20.8 Å². The molecule has 0 aliphatic rings. The summed E-state index contributed by atoms with van der Waals surface area (Å²) in [7, 11) is 0. The molecule has 3 heterocycles. The van der Waals surface area contributed by atoms with Crippen molar-refractivity contribution in [1.29, 1.82) is 0 Å². The minimum atomic E-state index is -1.01. The molecule has 0 saturated carbocycles. The Bertz CT molecular complexity index is 866. The summed E-state index contributed by atoms with van der Waals surface area (Å²) in [6.07, 6.45) is 2.97. The van der Waals surface area contributed by atoms with Gasteiger partial charge in [-0.3, -0.25) is 0 Å². The molecule has 7 heteroatoms. The first-order valence-electron chi connectivity index (χ1n) is 6.66. The highest BCUT2D eigenvalue weighted by molar-refractivity contribution is 7.12. The maximum Gasteiger partial charge on any atom is 0.339 e. The van der Waals surface area contributed by atoms with Gasteiger partial charge in [-0.05, 0) is 32.9 Å². The topological polar surface area (TPSA) is 80.9 Å². The van der Waals surface area contributed by atoms with Crippen molar-refractivity contribution in [3.8, 4) is 17.2 Å². The van der Waals surface area contributed by atoms with Crippen molar-refractivity contribution in [3.05, 3.63) is 45.5 Å². The molecular weight excluding hydrogens is 300 g/mol. The van der Waals surface area contributed by atoms with Crippen LogP contribution in [-0.4, -0.2) is 30.8 Å². The third-order valence-corrected chi connectivity index (χ3v) is 4.36. The number of rotatable bonds is 3. The maximum absolute atomic E-state index is 11.1. The smallest absolute Gasteiger partial charge is 0.339 e. The van der Waals surface area contributed by atoms with Gasteiger partial charge in [-0.1, -0.05) is 0 Å². The van der Waals surface area contributed by atoms with Crippen molar-refractivity contribution in [2.45, 2.75) is 20.8 Å². The summed E-state index contributed by atoms with van der Waals surface area (Å²) >= 11 is 1.72. The van der Waals surface area contributed by atoms with Gasteiger partial charge in [-0.2, -0.15) is 5.10 Å². The van der Waals surface area contributed by atoms with E-state index in [1.807, 2.05) is 6.07 Å². The Morgan fingerprint density at radius 3 is 2.68 bits per heavy atom. The van der Waals surface area contributed by atoms with Crippen LogP contribution in [0.25, 0.3) is 17.2 Å². The van der Waals surface area contributed by atoms with Crippen LogP contribution < -0.4 is 0 Å². The fraction of sp³-hybridized carbons (Fsp3) is 0.200. The number of carbonyl (C=O) groups is 1. The van der Waals surface area contributed by atoms with E-state index in [9.17, 15) is 4.79 Å². The number of hydrogen-bond donors (Lipinski definition) is 1. The molecule has 0 fully saturated rings. The quantitative estimate of drug-likeness (QED) is 0.803. The summed E-state index contributed by atoms with van der Waals surface area (Å²) in [5.41, 5.74) is 2.52. The second-order valence-electron chi connectivity index (χ2n) is 4.93. The molecule has 3 aromatic heterocycles. The minimum Gasteiger partial charge on any atom is -0.478 e. The molecule has 6 nitrogen and oxygen atoms in total. The number of aromatic carboxylic acids is 1. The summed E-state index contributed by atoms with van der Waals surface area (Å²) in [5, 5.41) is 13.2. The second kappa shape index (κ2) is 5.34. The van der Waals surface area contributed by atoms with Crippen LogP contribution in [0.5, 0.6) is 0 Å². The molecule has 0 unspecified atom stereocenters. The van der Waals surface area contributed by atoms with Crippen molar-refractivity contribution >= 4 is 17.3 Å². The lowest BCUT2D eigenvalue weighted by atomic mass is 10.2. The highest BCUT2D eigenvalue weighted by Crippen LogP contribution is 2.29. The lowest BCUT2D eigenvalue weighted by molar-refractivity contribution is 0.0696. The average Bonchev–Trinajstić information content (AvgIpc) is 3.01. The van der Waals surface area contributed by atoms with E-state index in [0.717, 1.165) is 11.3 Å².